The lowest BCUT2D eigenvalue weighted by Crippen LogP contribution is -2.31. The number of halogens is 1. The monoisotopic (exact) mass is 256 g/mol. The van der Waals surface area contributed by atoms with Crippen LogP contribution in [0.25, 0.3) is 0 Å². The molecular formula is C13H21ClN2O. The zero-order valence-corrected chi connectivity index (χ0v) is 11.5. The summed E-state index contributed by atoms with van der Waals surface area (Å²) in [6, 6.07) is 5.85. The van der Waals surface area contributed by atoms with Crippen LogP contribution in [0.4, 0.5) is 0 Å². The minimum Gasteiger partial charge on any atom is -0.394 e. The molecule has 0 saturated heterocycles. The highest BCUT2D eigenvalue weighted by atomic mass is 35.5. The molecule has 0 bridgehead atoms. The molecule has 1 unspecified atom stereocenters. The molecule has 1 rings (SSSR count). The fourth-order valence-electron chi connectivity index (χ4n) is 1.58. The van der Waals surface area contributed by atoms with Gasteiger partial charge in [0.25, 0.3) is 0 Å². The maximum absolute atomic E-state index is 9.39. The third-order valence-electron chi connectivity index (χ3n) is 2.73. The Hall–Kier alpha value is -0.610. The van der Waals surface area contributed by atoms with Gasteiger partial charge >= 0.3 is 0 Å². The van der Waals surface area contributed by atoms with E-state index in [1.165, 1.54) is 0 Å². The summed E-state index contributed by atoms with van der Waals surface area (Å²) in [4.78, 5) is 2.10. The number of rotatable bonds is 6. The molecular weight excluding hydrogens is 236 g/mol. The van der Waals surface area contributed by atoms with Crippen LogP contribution < -0.4 is 5.32 Å². The van der Waals surface area contributed by atoms with E-state index in [-0.39, 0.29) is 12.6 Å². The van der Waals surface area contributed by atoms with Crippen molar-refractivity contribution in [3.05, 3.63) is 34.3 Å². The summed E-state index contributed by atoms with van der Waals surface area (Å²) in [6.07, 6.45) is 0. The Bertz CT molecular complexity index is 355. The lowest BCUT2D eigenvalue weighted by Gasteiger charge is -2.19. The van der Waals surface area contributed by atoms with Gasteiger partial charge < -0.3 is 15.3 Å². The maximum Gasteiger partial charge on any atom is 0.0626 e. The first-order valence-electron chi connectivity index (χ1n) is 5.79. The van der Waals surface area contributed by atoms with E-state index in [4.69, 9.17) is 11.6 Å². The zero-order chi connectivity index (χ0) is 12.8. The van der Waals surface area contributed by atoms with Gasteiger partial charge in [0.15, 0.2) is 0 Å². The predicted molar refractivity (Wildman–Crippen MR) is 72.6 cm³/mol. The molecule has 1 aromatic rings. The van der Waals surface area contributed by atoms with Crippen molar-refractivity contribution >= 4 is 11.6 Å². The molecule has 1 atom stereocenters. The third kappa shape index (κ3) is 4.64. The molecule has 4 heteroatoms. The highest BCUT2D eigenvalue weighted by Crippen LogP contribution is 2.21. The van der Waals surface area contributed by atoms with E-state index in [1.807, 2.05) is 39.2 Å². The van der Waals surface area contributed by atoms with Gasteiger partial charge in [-0.15, -0.1) is 0 Å². The van der Waals surface area contributed by atoms with Crippen LogP contribution in [0.2, 0.25) is 5.02 Å². The van der Waals surface area contributed by atoms with Gasteiger partial charge in [-0.1, -0.05) is 23.7 Å². The molecule has 0 aliphatic heterocycles. The molecule has 0 saturated carbocycles. The van der Waals surface area contributed by atoms with Crippen LogP contribution in [-0.2, 0) is 0 Å². The van der Waals surface area contributed by atoms with Crippen LogP contribution >= 0.6 is 11.6 Å². The standard InChI is InChI=1S/C13H21ClN2O/c1-10-4-5-11(8-12(10)14)13(9-17)15-6-7-16(2)3/h4-5,8,13,15,17H,6-7,9H2,1-3H3. The number of nitrogens with zero attached hydrogens (tertiary/aromatic N) is 1. The van der Waals surface area contributed by atoms with Crippen LogP contribution in [-0.4, -0.2) is 43.8 Å². The van der Waals surface area contributed by atoms with Crippen LogP contribution in [0.5, 0.6) is 0 Å². The molecule has 0 aliphatic rings. The SMILES string of the molecule is Cc1ccc(C(CO)NCCN(C)C)cc1Cl. The van der Waals surface area contributed by atoms with Crippen LogP contribution in [0.1, 0.15) is 17.2 Å². The number of hydrogen-bond acceptors (Lipinski definition) is 3. The fourth-order valence-corrected chi connectivity index (χ4v) is 1.77. The van der Waals surface area contributed by atoms with E-state index >= 15 is 0 Å². The van der Waals surface area contributed by atoms with E-state index in [9.17, 15) is 5.11 Å². The van der Waals surface area contributed by atoms with Crippen molar-refractivity contribution in [1.82, 2.24) is 10.2 Å². The van der Waals surface area contributed by atoms with Crippen LogP contribution in [0.3, 0.4) is 0 Å². The summed E-state index contributed by atoms with van der Waals surface area (Å²) in [7, 11) is 4.05. The minimum atomic E-state index is -0.0481. The lowest BCUT2D eigenvalue weighted by molar-refractivity contribution is 0.240. The van der Waals surface area contributed by atoms with Crippen molar-refractivity contribution in [2.24, 2.45) is 0 Å². The van der Waals surface area contributed by atoms with Crippen molar-refractivity contribution in [1.29, 1.82) is 0 Å². The first-order valence-corrected chi connectivity index (χ1v) is 6.17. The second-order valence-electron chi connectivity index (χ2n) is 4.50. The molecule has 0 radical (unpaired) electrons. The smallest absolute Gasteiger partial charge is 0.0626 e. The van der Waals surface area contributed by atoms with E-state index < -0.39 is 0 Å². The number of aliphatic hydroxyl groups excluding tert-OH is 1. The van der Waals surface area contributed by atoms with E-state index in [0.717, 1.165) is 29.2 Å². The summed E-state index contributed by atoms with van der Waals surface area (Å²) in [5.41, 5.74) is 2.09. The molecule has 0 amide bonds. The van der Waals surface area contributed by atoms with Crippen molar-refractivity contribution in [3.63, 3.8) is 0 Å². The second kappa shape index (κ2) is 6.97. The van der Waals surface area contributed by atoms with Crippen molar-refractivity contribution in [2.45, 2.75) is 13.0 Å². The van der Waals surface area contributed by atoms with Gasteiger partial charge in [-0.25, -0.2) is 0 Å². The van der Waals surface area contributed by atoms with E-state index in [1.54, 1.807) is 0 Å². The van der Waals surface area contributed by atoms with Gasteiger partial charge in [-0.2, -0.15) is 0 Å². The molecule has 3 nitrogen and oxygen atoms in total. The van der Waals surface area contributed by atoms with Crippen LogP contribution in [0.15, 0.2) is 18.2 Å². The molecule has 1 aromatic carbocycles. The minimum absolute atomic E-state index is 0.0481. The van der Waals surface area contributed by atoms with Gasteiger partial charge in [0, 0.05) is 18.1 Å². The molecule has 0 fully saturated rings. The Morgan fingerprint density at radius 3 is 2.65 bits per heavy atom. The average molecular weight is 257 g/mol. The van der Waals surface area contributed by atoms with Gasteiger partial charge in [0.1, 0.15) is 0 Å². The number of aryl methyl sites for hydroxylation is 1. The molecule has 0 heterocycles. The maximum atomic E-state index is 9.39. The highest BCUT2D eigenvalue weighted by molar-refractivity contribution is 6.31. The van der Waals surface area contributed by atoms with Gasteiger partial charge in [0.05, 0.1) is 12.6 Å². The number of likely N-dealkylation sites (N-methyl/N-ethyl adjacent to an activating group) is 1. The van der Waals surface area contributed by atoms with E-state index in [0.29, 0.717) is 0 Å². The molecule has 17 heavy (non-hydrogen) atoms. The van der Waals surface area contributed by atoms with Crippen molar-refractivity contribution < 1.29 is 5.11 Å². The Kier molecular flexibility index (Phi) is 5.92. The topological polar surface area (TPSA) is 35.5 Å². The number of aliphatic hydroxyl groups is 1. The first-order chi connectivity index (χ1) is 8.04. The molecule has 0 aromatic heterocycles. The Balaban J connectivity index is 2.62. The summed E-state index contributed by atoms with van der Waals surface area (Å²) in [5.74, 6) is 0. The quantitative estimate of drug-likeness (QED) is 0.815. The number of nitrogens with one attached hydrogen (secondary N) is 1. The highest BCUT2D eigenvalue weighted by Gasteiger charge is 2.10. The molecule has 96 valence electrons. The average Bonchev–Trinajstić information content (AvgIpc) is 2.28. The fraction of sp³-hybridized carbons (Fsp3) is 0.538. The summed E-state index contributed by atoms with van der Waals surface area (Å²) >= 11 is 6.08. The molecule has 0 aliphatic carbocycles. The Labute approximate surface area is 108 Å². The Morgan fingerprint density at radius 2 is 2.12 bits per heavy atom. The normalized spacial score (nSPS) is 13.1. The second-order valence-corrected chi connectivity index (χ2v) is 4.91. The summed E-state index contributed by atoms with van der Waals surface area (Å²) in [6.45, 7) is 3.83. The van der Waals surface area contributed by atoms with Crippen molar-refractivity contribution in [2.75, 3.05) is 33.8 Å². The predicted octanol–water partition coefficient (Wildman–Crippen LogP) is 1.83. The lowest BCUT2D eigenvalue weighted by atomic mass is 10.1. The molecule has 2 N–H and O–H groups in total. The first kappa shape index (κ1) is 14.5. The van der Waals surface area contributed by atoms with Gasteiger partial charge in [-0.3, -0.25) is 0 Å². The van der Waals surface area contributed by atoms with Crippen molar-refractivity contribution in [3.8, 4) is 0 Å². The largest absolute Gasteiger partial charge is 0.394 e. The number of hydrogen-bond donors (Lipinski definition) is 2. The summed E-state index contributed by atoms with van der Waals surface area (Å²) < 4.78 is 0. The third-order valence-corrected chi connectivity index (χ3v) is 3.14. The van der Waals surface area contributed by atoms with Gasteiger partial charge in [-0.05, 0) is 38.2 Å². The zero-order valence-electron chi connectivity index (χ0n) is 10.7. The Morgan fingerprint density at radius 1 is 1.41 bits per heavy atom. The van der Waals surface area contributed by atoms with E-state index in [2.05, 4.69) is 10.2 Å². The number of benzene rings is 1. The van der Waals surface area contributed by atoms with Crippen LogP contribution in [0, 0.1) is 6.92 Å². The van der Waals surface area contributed by atoms with Gasteiger partial charge in [0.2, 0.25) is 0 Å². The summed E-state index contributed by atoms with van der Waals surface area (Å²) in [5, 5.41) is 13.4. The molecule has 0 spiro atoms.